The average Bonchev–Trinajstić information content (AvgIpc) is 3.43. The van der Waals surface area contributed by atoms with Gasteiger partial charge in [0, 0.05) is 29.6 Å². The number of benzene rings is 1. The van der Waals surface area contributed by atoms with E-state index in [1.165, 1.54) is 0 Å². The summed E-state index contributed by atoms with van der Waals surface area (Å²) in [6.07, 6.45) is 4.20. The zero-order valence-corrected chi connectivity index (χ0v) is 18.2. The van der Waals surface area contributed by atoms with Crippen LogP contribution in [0.2, 0.25) is 0 Å². The first kappa shape index (κ1) is 20.2. The number of hydrogen-bond acceptors (Lipinski definition) is 5. The summed E-state index contributed by atoms with van der Waals surface area (Å²) in [4.78, 5) is 33.0. The molecule has 3 N–H and O–H groups in total. The fraction of sp³-hybridized carbons (Fsp3) is 0.160. The van der Waals surface area contributed by atoms with Gasteiger partial charge in [0.25, 0.3) is 0 Å². The van der Waals surface area contributed by atoms with E-state index >= 15 is 0 Å². The number of rotatable bonds is 6. The highest BCUT2D eigenvalue weighted by atomic mass is 32.1. The van der Waals surface area contributed by atoms with E-state index in [2.05, 4.69) is 20.6 Å². The highest BCUT2D eigenvalue weighted by Crippen LogP contribution is 2.39. The number of carbonyl (C=O) groups excluding carboxylic acids is 2. The molecule has 6 nitrogen and oxygen atoms in total. The molecule has 0 spiro atoms. The van der Waals surface area contributed by atoms with E-state index in [-0.39, 0.29) is 11.7 Å². The maximum absolute atomic E-state index is 12.8. The van der Waals surface area contributed by atoms with Crippen LogP contribution in [-0.4, -0.2) is 21.7 Å². The molecule has 0 saturated carbocycles. The number of fused-ring (bicyclic) bond motifs is 1. The first-order chi connectivity index (χ1) is 15.7. The van der Waals surface area contributed by atoms with Crippen LogP contribution in [0.25, 0.3) is 11.3 Å². The van der Waals surface area contributed by atoms with Gasteiger partial charge in [-0.15, -0.1) is 0 Å². The summed E-state index contributed by atoms with van der Waals surface area (Å²) in [7, 11) is 0. The number of aromatic nitrogens is 2. The number of pyridine rings is 1. The van der Waals surface area contributed by atoms with Crippen LogP contribution in [0.3, 0.4) is 0 Å². The summed E-state index contributed by atoms with van der Waals surface area (Å²) >= 11 is 1.57. The largest absolute Gasteiger partial charge is 0.356 e. The summed E-state index contributed by atoms with van der Waals surface area (Å²) < 4.78 is 0. The van der Waals surface area contributed by atoms with Crippen LogP contribution in [-0.2, 0) is 17.6 Å². The summed E-state index contributed by atoms with van der Waals surface area (Å²) in [6.45, 7) is 0. The van der Waals surface area contributed by atoms with Crippen molar-refractivity contribution < 1.29 is 9.59 Å². The third-order valence-electron chi connectivity index (χ3n) is 5.49. The van der Waals surface area contributed by atoms with Gasteiger partial charge in [-0.2, -0.15) is 11.3 Å². The Kier molecular flexibility index (Phi) is 5.56. The van der Waals surface area contributed by atoms with Gasteiger partial charge in [-0.1, -0.05) is 18.2 Å². The number of thiophene rings is 1. The third kappa shape index (κ3) is 4.20. The minimum Gasteiger partial charge on any atom is -0.356 e. The Balaban J connectivity index is 1.48. The quantitative estimate of drug-likeness (QED) is 0.364. The number of Topliss-reactive ketones (excluding diaryl/α,β-unsaturated/α-hetero) is 1. The lowest BCUT2D eigenvalue weighted by molar-refractivity contribution is -0.115. The van der Waals surface area contributed by atoms with Crippen LogP contribution >= 0.6 is 11.3 Å². The molecule has 0 aliphatic heterocycles. The van der Waals surface area contributed by atoms with E-state index in [4.69, 9.17) is 0 Å². The highest BCUT2D eigenvalue weighted by Gasteiger charge is 2.27. The SMILES string of the molecule is O=C(Cc1ccsc1)Nc1cc(-c2[nH]c3c(c2Nc2ccccc2)C(=O)CCC3)ccn1. The van der Waals surface area contributed by atoms with Crippen LogP contribution in [0.4, 0.5) is 17.2 Å². The first-order valence-corrected chi connectivity index (χ1v) is 11.5. The molecule has 0 unspecified atom stereocenters. The van der Waals surface area contributed by atoms with Crippen LogP contribution in [0.1, 0.15) is 34.5 Å². The Morgan fingerprint density at radius 2 is 2.00 bits per heavy atom. The number of aryl methyl sites for hydroxylation is 1. The minimum atomic E-state index is -0.114. The molecule has 1 amide bonds. The van der Waals surface area contributed by atoms with Crippen molar-refractivity contribution in [2.24, 2.45) is 0 Å². The normalized spacial score (nSPS) is 12.9. The summed E-state index contributed by atoms with van der Waals surface area (Å²) in [5.74, 6) is 0.509. The van der Waals surface area contributed by atoms with Gasteiger partial charge in [0.1, 0.15) is 5.82 Å². The van der Waals surface area contributed by atoms with E-state index in [1.807, 2.05) is 59.3 Å². The van der Waals surface area contributed by atoms with Crippen molar-refractivity contribution in [3.8, 4) is 11.3 Å². The Labute approximate surface area is 189 Å². The molecular weight excluding hydrogens is 420 g/mol. The molecule has 32 heavy (non-hydrogen) atoms. The maximum Gasteiger partial charge on any atom is 0.229 e. The Morgan fingerprint density at radius 1 is 1.12 bits per heavy atom. The van der Waals surface area contributed by atoms with Crippen molar-refractivity contribution in [3.63, 3.8) is 0 Å². The van der Waals surface area contributed by atoms with Crippen molar-refractivity contribution in [2.45, 2.75) is 25.7 Å². The van der Waals surface area contributed by atoms with Gasteiger partial charge in [-0.3, -0.25) is 9.59 Å². The van der Waals surface area contributed by atoms with Crippen molar-refractivity contribution in [2.75, 3.05) is 10.6 Å². The standard InChI is InChI=1S/C25H22N4O2S/c30-20-8-4-7-19-23(20)25(27-18-5-2-1-3-6-18)24(28-19)17-9-11-26-21(14-17)29-22(31)13-16-10-12-32-15-16/h1-3,5-6,9-12,14-15,27-28H,4,7-8,13H2,(H,26,29,31). The van der Waals surface area contributed by atoms with Crippen LogP contribution in [0.15, 0.2) is 65.5 Å². The molecule has 0 atom stereocenters. The van der Waals surface area contributed by atoms with Crippen LogP contribution < -0.4 is 10.6 Å². The number of hydrogen-bond donors (Lipinski definition) is 3. The van der Waals surface area contributed by atoms with Crippen LogP contribution in [0.5, 0.6) is 0 Å². The molecule has 3 heterocycles. The molecular formula is C25H22N4O2S. The second kappa shape index (κ2) is 8.80. The molecule has 7 heteroatoms. The average molecular weight is 443 g/mol. The predicted octanol–water partition coefficient (Wildman–Crippen LogP) is 5.58. The Morgan fingerprint density at radius 3 is 2.81 bits per heavy atom. The number of para-hydroxylation sites is 1. The zero-order valence-electron chi connectivity index (χ0n) is 17.4. The van der Waals surface area contributed by atoms with Gasteiger partial charge < -0.3 is 15.6 Å². The number of amides is 1. The lowest BCUT2D eigenvalue weighted by Gasteiger charge is -2.14. The van der Waals surface area contributed by atoms with E-state index in [1.54, 1.807) is 17.5 Å². The molecule has 1 aromatic carbocycles. The van der Waals surface area contributed by atoms with Crippen molar-refractivity contribution in [1.29, 1.82) is 0 Å². The maximum atomic E-state index is 12.8. The smallest absolute Gasteiger partial charge is 0.229 e. The molecule has 0 bridgehead atoms. The molecule has 1 aliphatic carbocycles. The fourth-order valence-electron chi connectivity index (χ4n) is 4.03. The van der Waals surface area contributed by atoms with E-state index in [9.17, 15) is 9.59 Å². The van der Waals surface area contributed by atoms with Gasteiger partial charge in [0.05, 0.1) is 23.4 Å². The van der Waals surface area contributed by atoms with Gasteiger partial charge in [0.2, 0.25) is 5.91 Å². The Bertz CT molecular complexity index is 1260. The van der Waals surface area contributed by atoms with Gasteiger partial charge in [-0.25, -0.2) is 4.98 Å². The molecule has 160 valence electrons. The number of nitrogens with one attached hydrogen (secondary N) is 3. The number of anilines is 3. The lowest BCUT2D eigenvalue weighted by atomic mass is 9.95. The minimum absolute atomic E-state index is 0.114. The monoisotopic (exact) mass is 442 g/mol. The molecule has 0 saturated heterocycles. The summed E-state index contributed by atoms with van der Waals surface area (Å²) in [5.41, 5.74) is 6.03. The number of ketones is 1. The van der Waals surface area contributed by atoms with Crippen molar-refractivity contribution >= 4 is 40.2 Å². The van der Waals surface area contributed by atoms with E-state index in [0.29, 0.717) is 18.7 Å². The number of aromatic amines is 1. The summed E-state index contributed by atoms with van der Waals surface area (Å²) in [6, 6.07) is 15.5. The second-order valence-electron chi connectivity index (χ2n) is 7.78. The number of carbonyl (C=O) groups is 2. The van der Waals surface area contributed by atoms with Crippen LogP contribution in [0, 0.1) is 0 Å². The van der Waals surface area contributed by atoms with Gasteiger partial charge >= 0.3 is 0 Å². The van der Waals surface area contributed by atoms with Gasteiger partial charge in [0.15, 0.2) is 5.78 Å². The first-order valence-electron chi connectivity index (χ1n) is 10.5. The molecule has 4 aromatic rings. The topological polar surface area (TPSA) is 86.9 Å². The van der Waals surface area contributed by atoms with Crippen molar-refractivity contribution in [3.05, 3.63) is 82.3 Å². The van der Waals surface area contributed by atoms with E-state index < -0.39 is 0 Å². The highest BCUT2D eigenvalue weighted by molar-refractivity contribution is 7.08. The lowest BCUT2D eigenvalue weighted by Crippen LogP contribution is -2.14. The third-order valence-corrected chi connectivity index (χ3v) is 6.22. The molecule has 0 fully saturated rings. The molecule has 5 rings (SSSR count). The molecule has 0 radical (unpaired) electrons. The second-order valence-corrected chi connectivity index (χ2v) is 8.56. The van der Waals surface area contributed by atoms with Gasteiger partial charge in [-0.05, 0) is 59.5 Å². The predicted molar refractivity (Wildman–Crippen MR) is 128 cm³/mol. The molecule has 1 aliphatic rings. The number of nitrogens with zero attached hydrogens (tertiary/aromatic N) is 1. The fourth-order valence-corrected chi connectivity index (χ4v) is 4.69. The number of H-pyrrole nitrogens is 1. The molecule has 3 aromatic heterocycles. The van der Waals surface area contributed by atoms with Crippen molar-refractivity contribution in [1.82, 2.24) is 9.97 Å². The van der Waals surface area contributed by atoms with E-state index in [0.717, 1.165) is 52.3 Å². The zero-order chi connectivity index (χ0) is 21.9. The summed E-state index contributed by atoms with van der Waals surface area (Å²) in [5, 5.41) is 10.2. The Hall–Kier alpha value is -3.71.